The van der Waals surface area contributed by atoms with Gasteiger partial charge in [0.1, 0.15) is 24.4 Å². The molecule has 112 valence electrons. The summed E-state index contributed by atoms with van der Waals surface area (Å²) in [6, 6.07) is 5.66. The fourth-order valence-corrected chi connectivity index (χ4v) is 3.00. The van der Waals surface area contributed by atoms with Gasteiger partial charge in [-0.25, -0.2) is 0 Å². The van der Waals surface area contributed by atoms with E-state index >= 15 is 0 Å². The van der Waals surface area contributed by atoms with Crippen LogP contribution in [0.25, 0.3) is 6.08 Å². The Morgan fingerprint density at radius 3 is 2.05 bits per heavy atom. The Bertz CT molecular complexity index is 540. The molecule has 0 amide bonds. The lowest BCUT2D eigenvalue weighted by Gasteiger charge is -2.08. The van der Waals surface area contributed by atoms with Crippen LogP contribution in [0.3, 0.4) is 0 Å². The lowest BCUT2D eigenvalue weighted by Crippen LogP contribution is -2.18. The van der Waals surface area contributed by atoms with Crippen molar-refractivity contribution in [1.82, 2.24) is 0 Å². The topological polar surface area (TPSA) is 74.8 Å². The van der Waals surface area contributed by atoms with Crippen LogP contribution in [-0.4, -0.2) is 47.8 Å². The quantitative estimate of drug-likeness (QED) is 0.798. The van der Waals surface area contributed by atoms with Crippen LogP contribution in [0.2, 0.25) is 0 Å². The predicted molar refractivity (Wildman–Crippen MR) is 74.4 cm³/mol. The van der Waals surface area contributed by atoms with Crippen molar-refractivity contribution in [3.05, 3.63) is 40.5 Å². The summed E-state index contributed by atoms with van der Waals surface area (Å²) in [7, 11) is 0. The molecule has 21 heavy (non-hydrogen) atoms. The summed E-state index contributed by atoms with van der Waals surface area (Å²) in [5.74, 6) is 0. The third kappa shape index (κ3) is 2.63. The Kier molecular flexibility index (Phi) is 3.32. The zero-order valence-electron chi connectivity index (χ0n) is 11.6. The highest BCUT2D eigenvalue weighted by Gasteiger charge is 2.54. The Labute approximate surface area is 122 Å². The second-order valence-corrected chi connectivity index (χ2v) is 5.77. The van der Waals surface area contributed by atoms with Gasteiger partial charge >= 0.3 is 0 Å². The number of hydrogen-bond acceptors (Lipinski definition) is 5. The van der Waals surface area contributed by atoms with Gasteiger partial charge in [0.2, 0.25) is 0 Å². The van der Waals surface area contributed by atoms with E-state index in [0.717, 1.165) is 22.3 Å². The molecular weight excluding hydrogens is 272 g/mol. The van der Waals surface area contributed by atoms with Gasteiger partial charge in [-0.15, -0.1) is 0 Å². The standard InChI is InChI=1S/C16H18O5/c17-5-10-1-9(2-11(3-10)6-18)4-12-15-13(20-15)7-19-8-14-16(12)21-14/h1-4,13-18H,5-8H2. The SMILES string of the molecule is OCc1cc(C=C2C3OC3COCC3OC23)cc(CO)c1. The van der Waals surface area contributed by atoms with Crippen molar-refractivity contribution in [2.45, 2.75) is 37.6 Å². The highest BCUT2D eigenvalue weighted by atomic mass is 16.7. The summed E-state index contributed by atoms with van der Waals surface area (Å²) >= 11 is 0. The number of aliphatic hydroxyl groups excluding tert-OH is 2. The molecule has 3 fully saturated rings. The van der Waals surface area contributed by atoms with Gasteiger partial charge in [-0.1, -0.05) is 12.1 Å². The summed E-state index contributed by atoms with van der Waals surface area (Å²) in [4.78, 5) is 0. The molecule has 3 heterocycles. The van der Waals surface area contributed by atoms with E-state index in [1.807, 2.05) is 12.1 Å². The van der Waals surface area contributed by atoms with E-state index in [-0.39, 0.29) is 37.6 Å². The van der Waals surface area contributed by atoms with Gasteiger partial charge in [0.15, 0.2) is 0 Å². The Hall–Kier alpha value is -1.24. The number of fused-ring (bicyclic) bond motifs is 2. The summed E-state index contributed by atoms with van der Waals surface area (Å²) in [6.07, 6.45) is 2.50. The lowest BCUT2D eigenvalue weighted by molar-refractivity contribution is 0.102. The molecule has 3 saturated heterocycles. The van der Waals surface area contributed by atoms with Crippen molar-refractivity contribution in [1.29, 1.82) is 0 Å². The molecule has 0 radical (unpaired) electrons. The smallest absolute Gasteiger partial charge is 0.112 e. The number of epoxide rings is 2. The molecule has 4 atom stereocenters. The van der Waals surface area contributed by atoms with Crippen LogP contribution in [0.4, 0.5) is 0 Å². The van der Waals surface area contributed by atoms with Crippen LogP contribution in [0.1, 0.15) is 16.7 Å². The van der Waals surface area contributed by atoms with E-state index < -0.39 is 0 Å². The minimum atomic E-state index is -0.0387. The van der Waals surface area contributed by atoms with Crippen molar-refractivity contribution in [3.8, 4) is 0 Å². The largest absolute Gasteiger partial charge is 0.392 e. The molecular formula is C16H18O5. The van der Waals surface area contributed by atoms with Gasteiger partial charge in [-0.2, -0.15) is 0 Å². The van der Waals surface area contributed by atoms with Gasteiger partial charge in [0, 0.05) is 0 Å². The number of rotatable bonds is 3. The lowest BCUT2D eigenvalue weighted by atomic mass is 9.98. The fraction of sp³-hybridized carbons (Fsp3) is 0.500. The van der Waals surface area contributed by atoms with E-state index in [4.69, 9.17) is 14.2 Å². The monoisotopic (exact) mass is 290 g/mol. The summed E-state index contributed by atoms with van der Waals surface area (Å²) in [5.41, 5.74) is 3.70. The minimum absolute atomic E-state index is 0.0387. The molecule has 5 heteroatoms. The highest BCUT2D eigenvalue weighted by Crippen LogP contribution is 2.43. The van der Waals surface area contributed by atoms with Crippen LogP contribution in [0.5, 0.6) is 0 Å². The molecule has 3 aliphatic heterocycles. The van der Waals surface area contributed by atoms with Crippen molar-refractivity contribution in [3.63, 3.8) is 0 Å². The van der Waals surface area contributed by atoms with E-state index in [2.05, 4.69) is 6.08 Å². The van der Waals surface area contributed by atoms with Crippen molar-refractivity contribution in [2.24, 2.45) is 0 Å². The molecule has 4 unspecified atom stereocenters. The highest BCUT2D eigenvalue weighted by molar-refractivity contribution is 5.59. The molecule has 3 aliphatic rings. The van der Waals surface area contributed by atoms with Crippen molar-refractivity contribution in [2.75, 3.05) is 13.2 Å². The zero-order valence-corrected chi connectivity index (χ0v) is 11.6. The second kappa shape index (κ2) is 5.19. The molecule has 4 rings (SSSR count). The van der Waals surface area contributed by atoms with Crippen LogP contribution < -0.4 is 0 Å². The molecule has 0 saturated carbocycles. The third-order valence-corrected chi connectivity index (χ3v) is 4.16. The van der Waals surface area contributed by atoms with E-state index in [0.29, 0.717) is 13.2 Å². The molecule has 0 aliphatic carbocycles. The van der Waals surface area contributed by atoms with Crippen LogP contribution in [0.15, 0.2) is 23.8 Å². The van der Waals surface area contributed by atoms with Gasteiger partial charge in [-0.3, -0.25) is 0 Å². The van der Waals surface area contributed by atoms with Gasteiger partial charge < -0.3 is 24.4 Å². The van der Waals surface area contributed by atoms with Crippen LogP contribution in [0, 0.1) is 0 Å². The maximum Gasteiger partial charge on any atom is 0.112 e. The predicted octanol–water partition coefficient (Wildman–Crippen LogP) is 0.620. The molecule has 1 aromatic carbocycles. The third-order valence-electron chi connectivity index (χ3n) is 4.16. The average Bonchev–Trinajstić information content (AvgIpc) is 3.41. The van der Waals surface area contributed by atoms with Gasteiger partial charge in [0.25, 0.3) is 0 Å². The number of aliphatic hydroxyl groups is 2. The maximum absolute atomic E-state index is 9.32. The van der Waals surface area contributed by atoms with Gasteiger partial charge in [-0.05, 0) is 34.4 Å². The van der Waals surface area contributed by atoms with Crippen LogP contribution >= 0.6 is 0 Å². The molecule has 5 nitrogen and oxygen atoms in total. The van der Waals surface area contributed by atoms with Crippen molar-refractivity contribution < 1.29 is 24.4 Å². The van der Waals surface area contributed by atoms with E-state index in [9.17, 15) is 10.2 Å². The molecule has 0 aromatic heterocycles. The fourth-order valence-electron chi connectivity index (χ4n) is 3.00. The Balaban J connectivity index is 1.66. The zero-order chi connectivity index (χ0) is 14.4. The normalized spacial score (nSPS) is 33.5. The molecule has 2 N–H and O–H groups in total. The number of hydrogen-bond donors (Lipinski definition) is 2. The number of ether oxygens (including phenoxy) is 3. The van der Waals surface area contributed by atoms with Crippen molar-refractivity contribution >= 4 is 6.08 Å². The summed E-state index contributed by atoms with van der Waals surface area (Å²) in [5, 5.41) is 18.6. The molecule has 1 aromatic rings. The summed E-state index contributed by atoms with van der Waals surface area (Å²) in [6.45, 7) is 1.16. The Morgan fingerprint density at radius 2 is 1.52 bits per heavy atom. The van der Waals surface area contributed by atoms with Gasteiger partial charge in [0.05, 0.1) is 26.4 Å². The molecule has 0 bridgehead atoms. The van der Waals surface area contributed by atoms with E-state index in [1.165, 1.54) is 0 Å². The maximum atomic E-state index is 9.32. The first-order valence-electron chi connectivity index (χ1n) is 7.23. The first kappa shape index (κ1) is 13.4. The second-order valence-electron chi connectivity index (χ2n) is 5.77. The Morgan fingerprint density at radius 1 is 0.952 bits per heavy atom. The summed E-state index contributed by atoms with van der Waals surface area (Å²) < 4.78 is 16.8. The van der Waals surface area contributed by atoms with Crippen LogP contribution in [-0.2, 0) is 27.4 Å². The first-order chi connectivity index (χ1) is 10.3. The first-order valence-corrected chi connectivity index (χ1v) is 7.23. The number of benzene rings is 1. The van der Waals surface area contributed by atoms with E-state index in [1.54, 1.807) is 6.07 Å². The molecule has 0 spiro atoms. The minimum Gasteiger partial charge on any atom is -0.392 e. The average molecular weight is 290 g/mol.